The molecule has 1 aromatic carbocycles. The molecular weight excluding hydrogens is 218 g/mol. The van der Waals surface area contributed by atoms with Crippen LogP contribution in [0.25, 0.3) is 6.08 Å². The van der Waals surface area contributed by atoms with E-state index in [2.05, 4.69) is 0 Å². The molecule has 0 aromatic heterocycles. The molecule has 0 spiro atoms. The van der Waals surface area contributed by atoms with Gasteiger partial charge in [-0.3, -0.25) is 4.79 Å². The smallest absolute Gasteiger partial charge is 0.241 e. The van der Waals surface area contributed by atoms with Gasteiger partial charge in [0.25, 0.3) is 0 Å². The highest BCUT2D eigenvalue weighted by atomic mass is 16.5. The van der Waals surface area contributed by atoms with Crippen molar-refractivity contribution in [2.75, 3.05) is 13.2 Å². The van der Waals surface area contributed by atoms with Gasteiger partial charge < -0.3 is 15.2 Å². The standard InChI is InChI=1S/C13H17NO3/c1-3-16-11-7-5-6-10(8-9-12(14)15)13(11)17-4-2/h5-9H,3-4H2,1-2H3,(H2,14,15)/b9-8-. The average molecular weight is 235 g/mol. The van der Waals surface area contributed by atoms with Crippen LogP contribution >= 0.6 is 0 Å². The Morgan fingerprint density at radius 2 is 2.00 bits per heavy atom. The molecular formula is C13H17NO3. The molecule has 0 aliphatic rings. The van der Waals surface area contributed by atoms with Crippen molar-refractivity contribution in [3.8, 4) is 11.5 Å². The number of carbonyl (C=O) groups is 1. The van der Waals surface area contributed by atoms with E-state index in [-0.39, 0.29) is 0 Å². The van der Waals surface area contributed by atoms with Crippen LogP contribution in [0.4, 0.5) is 0 Å². The van der Waals surface area contributed by atoms with E-state index in [0.29, 0.717) is 24.7 Å². The van der Waals surface area contributed by atoms with Gasteiger partial charge in [-0.1, -0.05) is 12.1 Å². The number of hydrogen-bond acceptors (Lipinski definition) is 3. The molecule has 0 bridgehead atoms. The Morgan fingerprint density at radius 3 is 2.59 bits per heavy atom. The molecule has 0 radical (unpaired) electrons. The van der Waals surface area contributed by atoms with Gasteiger partial charge in [-0.25, -0.2) is 0 Å². The molecule has 1 amide bonds. The molecule has 0 heterocycles. The van der Waals surface area contributed by atoms with E-state index in [9.17, 15) is 4.79 Å². The van der Waals surface area contributed by atoms with Crippen LogP contribution in [0.15, 0.2) is 24.3 Å². The molecule has 0 aliphatic carbocycles. The Labute approximate surface area is 101 Å². The minimum absolute atomic E-state index is 0.491. The van der Waals surface area contributed by atoms with Crippen LogP contribution in [0.2, 0.25) is 0 Å². The Balaban J connectivity index is 3.09. The predicted octanol–water partition coefficient (Wildman–Crippen LogP) is 1.98. The number of nitrogens with two attached hydrogens (primary N) is 1. The second kappa shape index (κ2) is 6.58. The molecule has 0 fully saturated rings. The van der Waals surface area contributed by atoms with E-state index in [0.717, 1.165) is 5.56 Å². The molecule has 1 rings (SSSR count). The zero-order valence-electron chi connectivity index (χ0n) is 10.1. The van der Waals surface area contributed by atoms with E-state index in [4.69, 9.17) is 15.2 Å². The van der Waals surface area contributed by atoms with Crippen LogP contribution in [0.1, 0.15) is 19.4 Å². The van der Waals surface area contributed by atoms with Crippen LogP contribution in [-0.2, 0) is 4.79 Å². The van der Waals surface area contributed by atoms with Crippen LogP contribution < -0.4 is 15.2 Å². The Bertz CT molecular complexity index is 413. The van der Waals surface area contributed by atoms with Crippen molar-refractivity contribution in [3.63, 3.8) is 0 Å². The van der Waals surface area contributed by atoms with Crippen LogP contribution in [-0.4, -0.2) is 19.1 Å². The highest BCUT2D eigenvalue weighted by molar-refractivity contribution is 5.90. The minimum Gasteiger partial charge on any atom is -0.490 e. The van der Waals surface area contributed by atoms with Crippen LogP contribution in [0, 0.1) is 0 Å². The predicted molar refractivity (Wildman–Crippen MR) is 67.0 cm³/mol. The highest BCUT2D eigenvalue weighted by Gasteiger charge is 2.08. The summed E-state index contributed by atoms with van der Waals surface area (Å²) in [6, 6.07) is 5.51. The molecule has 2 N–H and O–H groups in total. The van der Waals surface area contributed by atoms with Crippen molar-refractivity contribution in [1.29, 1.82) is 0 Å². The maximum Gasteiger partial charge on any atom is 0.241 e. The molecule has 4 heteroatoms. The van der Waals surface area contributed by atoms with Crippen LogP contribution in [0.5, 0.6) is 11.5 Å². The lowest BCUT2D eigenvalue weighted by Gasteiger charge is -2.12. The molecule has 0 atom stereocenters. The first-order valence-electron chi connectivity index (χ1n) is 5.55. The summed E-state index contributed by atoms with van der Waals surface area (Å²) < 4.78 is 11.0. The van der Waals surface area contributed by atoms with E-state index in [1.54, 1.807) is 6.08 Å². The van der Waals surface area contributed by atoms with E-state index < -0.39 is 5.91 Å². The monoisotopic (exact) mass is 235 g/mol. The number of primary amides is 1. The lowest BCUT2D eigenvalue weighted by molar-refractivity contribution is -0.113. The third-order valence-electron chi connectivity index (χ3n) is 2.03. The van der Waals surface area contributed by atoms with Crippen molar-refractivity contribution >= 4 is 12.0 Å². The lowest BCUT2D eigenvalue weighted by Crippen LogP contribution is -2.05. The van der Waals surface area contributed by atoms with Crippen molar-refractivity contribution in [3.05, 3.63) is 29.8 Å². The molecule has 17 heavy (non-hydrogen) atoms. The number of carbonyl (C=O) groups excluding carboxylic acids is 1. The number of para-hydroxylation sites is 1. The topological polar surface area (TPSA) is 61.5 Å². The molecule has 1 aromatic rings. The summed E-state index contributed by atoms with van der Waals surface area (Å²) in [7, 11) is 0. The maximum absolute atomic E-state index is 10.7. The van der Waals surface area contributed by atoms with Crippen molar-refractivity contribution in [2.45, 2.75) is 13.8 Å². The van der Waals surface area contributed by atoms with Gasteiger partial charge in [0.1, 0.15) is 0 Å². The van der Waals surface area contributed by atoms with Gasteiger partial charge in [-0.2, -0.15) is 0 Å². The lowest BCUT2D eigenvalue weighted by atomic mass is 10.1. The van der Waals surface area contributed by atoms with Gasteiger partial charge in [0.2, 0.25) is 5.91 Å². The summed E-state index contributed by atoms with van der Waals surface area (Å²) in [6.45, 7) is 4.89. The SMILES string of the molecule is CCOc1cccc(/C=C\C(N)=O)c1OCC. The van der Waals surface area contributed by atoms with Crippen molar-refractivity contribution in [1.82, 2.24) is 0 Å². The summed E-state index contributed by atoms with van der Waals surface area (Å²) in [5, 5.41) is 0. The molecule has 4 nitrogen and oxygen atoms in total. The fraction of sp³-hybridized carbons (Fsp3) is 0.308. The highest BCUT2D eigenvalue weighted by Crippen LogP contribution is 2.32. The fourth-order valence-corrected chi connectivity index (χ4v) is 1.40. The number of amides is 1. The van der Waals surface area contributed by atoms with Crippen molar-refractivity contribution in [2.24, 2.45) is 5.73 Å². The van der Waals surface area contributed by atoms with E-state index in [1.165, 1.54) is 6.08 Å². The molecule has 0 saturated heterocycles. The third kappa shape index (κ3) is 3.83. The second-order valence-electron chi connectivity index (χ2n) is 3.28. The number of rotatable bonds is 6. The average Bonchev–Trinajstić information content (AvgIpc) is 2.30. The summed E-state index contributed by atoms with van der Waals surface area (Å²) in [5.41, 5.74) is 5.84. The minimum atomic E-state index is -0.491. The second-order valence-corrected chi connectivity index (χ2v) is 3.28. The Hall–Kier alpha value is -1.97. The van der Waals surface area contributed by atoms with Gasteiger partial charge in [0.15, 0.2) is 11.5 Å². The zero-order valence-corrected chi connectivity index (χ0v) is 10.1. The summed E-state index contributed by atoms with van der Waals surface area (Å²) >= 11 is 0. The molecule has 0 saturated carbocycles. The Kier molecular flexibility index (Phi) is 5.07. The normalized spacial score (nSPS) is 10.5. The molecule has 0 unspecified atom stereocenters. The fourth-order valence-electron chi connectivity index (χ4n) is 1.40. The van der Waals surface area contributed by atoms with Gasteiger partial charge in [-0.15, -0.1) is 0 Å². The van der Waals surface area contributed by atoms with Gasteiger partial charge in [0, 0.05) is 11.6 Å². The largest absolute Gasteiger partial charge is 0.490 e. The molecule has 0 aliphatic heterocycles. The summed E-state index contributed by atoms with van der Waals surface area (Å²) in [6.07, 6.45) is 2.92. The quantitative estimate of drug-likeness (QED) is 0.767. The summed E-state index contributed by atoms with van der Waals surface area (Å²) in [5.74, 6) is 0.810. The zero-order chi connectivity index (χ0) is 12.7. The number of benzene rings is 1. The van der Waals surface area contributed by atoms with Gasteiger partial charge in [0.05, 0.1) is 13.2 Å². The van der Waals surface area contributed by atoms with E-state index in [1.807, 2.05) is 32.0 Å². The van der Waals surface area contributed by atoms with Crippen LogP contribution in [0.3, 0.4) is 0 Å². The maximum atomic E-state index is 10.7. The van der Waals surface area contributed by atoms with Gasteiger partial charge in [-0.05, 0) is 26.0 Å². The van der Waals surface area contributed by atoms with Gasteiger partial charge >= 0.3 is 0 Å². The number of ether oxygens (including phenoxy) is 2. The first-order chi connectivity index (χ1) is 8.19. The number of hydrogen-bond donors (Lipinski definition) is 1. The Morgan fingerprint density at radius 1 is 1.29 bits per heavy atom. The van der Waals surface area contributed by atoms with E-state index >= 15 is 0 Å². The first kappa shape index (κ1) is 13.1. The third-order valence-corrected chi connectivity index (χ3v) is 2.03. The first-order valence-corrected chi connectivity index (χ1v) is 5.55. The summed E-state index contributed by atoms with van der Waals surface area (Å²) in [4.78, 5) is 10.7. The van der Waals surface area contributed by atoms with Crippen molar-refractivity contribution < 1.29 is 14.3 Å². The molecule has 92 valence electrons.